The lowest BCUT2D eigenvalue weighted by atomic mass is 10.1. The molecule has 0 aliphatic rings. The van der Waals surface area contributed by atoms with Crippen LogP contribution in [0.25, 0.3) is 0 Å². The molecule has 0 aromatic heterocycles. The van der Waals surface area contributed by atoms with Gasteiger partial charge < -0.3 is 5.11 Å². The third kappa shape index (κ3) is 11.2. The molecule has 0 unspecified atom stereocenters. The maximum atomic E-state index is 9.43. The third-order valence-electron chi connectivity index (χ3n) is 2.17. The summed E-state index contributed by atoms with van der Waals surface area (Å²) in [5, 5.41) is 9.43. The maximum absolute atomic E-state index is 9.43. The van der Waals surface area contributed by atoms with Gasteiger partial charge in [0.1, 0.15) is 0 Å². The molecular weight excluding hydrogens is 196 g/mol. The van der Waals surface area contributed by atoms with Crippen LogP contribution in [0.4, 0.5) is 0 Å². The van der Waals surface area contributed by atoms with Gasteiger partial charge in [-0.15, -0.1) is 0 Å². The van der Waals surface area contributed by atoms with Gasteiger partial charge in [0.25, 0.3) is 0 Å². The lowest BCUT2D eigenvalue weighted by molar-refractivity contribution is 0.289. The van der Waals surface area contributed by atoms with Crippen molar-refractivity contribution in [2.24, 2.45) is 11.8 Å². The Morgan fingerprint density at radius 1 is 0.812 bits per heavy atom. The fraction of sp³-hybridized carbons (Fsp3) is 0.733. The summed E-state index contributed by atoms with van der Waals surface area (Å²) in [5.41, 5.74) is 0. The van der Waals surface area contributed by atoms with Gasteiger partial charge in [0.2, 0.25) is 0 Å². The van der Waals surface area contributed by atoms with E-state index in [-0.39, 0.29) is 0 Å². The van der Waals surface area contributed by atoms with Crippen molar-refractivity contribution in [3.8, 4) is 23.7 Å². The van der Waals surface area contributed by atoms with Crippen molar-refractivity contribution in [2.75, 3.05) is 0 Å². The molecular formula is C15H24O. The molecule has 0 rings (SSSR count). The summed E-state index contributed by atoms with van der Waals surface area (Å²) in [6.07, 6.45) is 3.10. The molecule has 1 nitrogen and oxygen atoms in total. The Labute approximate surface area is 101 Å². The van der Waals surface area contributed by atoms with E-state index in [0.29, 0.717) is 11.8 Å². The van der Waals surface area contributed by atoms with Crippen molar-refractivity contribution < 1.29 is 5.11 Å². The molecule has 0 spiro atoms. The van der Waals surface area contributed by atoms with Crippen LogP contribution in [0.5, 0.6) is 0 Å². The van der Waals surface area contributed by atoms with Crippen LogP contribution < -0.4 is 0 Å². The van der Waals surface area contributed by atoms with Crippen LogP contribution in [0.1, 0.15) is 53.4 Å². The van der Waals surface area contributed by atoms with Gasteiger partial charge in [-0.3, -0.25) is 0 Å². The molecule has 0 saturated heterocycles. The standard InChI is InChI=1S/C15H24O/c1-13(2)9-5-7-11-15(16)12-8-6-10-14(3)4/h13-16H,5-6,9-10H2,1-4H3. The minimum atomic E-state index is -0.765. The van der Waals surface area contributed by atoms with Gasteiger partial charge in [-0.1, -0.05) is 51.4 Å². The van der Waals surface area contributed by atoms with E-state index in [1.807, 2.05) is 0 Å². The second-order valence-corrected chi connectivity index (χ2v) is 4.91. The molecule has 0 aliphatic heterocycles. The first-order valence-electron chi connectivity index (χ1n) is 6.17. The molecule has 0 aromatic rings. The average Bonchev–Trinajstić information content (AvgIpc) is 2.19. The van der Waals surface area contributed by atoms with Gasteiger partial charge >= 0.3 is 0 Å². The summed E-state index contributed by atoms with van der Waals surface area (Å²) in [6.45, 7) is 8.68. The molecule has 0 amide bonds. The second-order valence-electron chi connectivity index (χ2n) is 4.91. The number of aliphatic hydroxyl groups excluding tert-OH is 1. The summed E-state index contributed by atoms with van der Waals surface area (Å²) >= 11 is 0. The van der Waals surface area contributed by atoms with Gasteiger partial charge in [0.15, 0.2) is 6.10 Å². The van der Waals surface area contributed by atoms with Gasteiger partial charge in [-0.05, 0) is 24.7 Å². The highest BCUT2D eigenvalue weighted by Gasteiger charge is 1.93. The summed E-state index contributed by atoms with van der Waals surface area (Å²) in [6, 6.07) is 0. The molecule has 90 valence electrons. The number of rotatable bonds is 4. The van der Waals surface area contributed by atoms with E-state index in [4.69, 9.17) is 0 Å². The normalized spacial score (nSPS) is 10.0. The summed E-state index contributed by atoms with van der Waals surface area (Å²) in [7, 11) is 0. The number of hydrogen-bond acceptors (Lipinski definition) is 1. The molecule has 0 fully saturated rings. The SMILES string of the molecule is CC(C)CCC#CC(O)C#CCCC(C)C. The van der Waals surface area contributed by atoms with Crippen molar-refractivity contribution in [3.63, 3.8) is 0 Å². The van der Waals surface area contributed by atoms with Gasteiger partial charge in [0, 0.05) is 12.8 Å². The lowest BCUT2D eigenvalue weighted by Gasteiger charge is -1.98. The van der Waals surface area contributed by atoms with E-state index in [9.17, 15) is 5.11 Å². The van der Waals surface area contributed by atoms with Gasteiger partial charge in [-0.25, -0.2) is 0 Å². The average molecular weight is 220 g/mol. The predicted octanol–water partition coefficient (Wildman–Crippen LogP) is 3.23. The van der Waals surface area contributed by atoms with Crippen LogP contribution in [0.3, 0.4) is 0 Å². The zero-order valence-electron chi connectivity index (χ0n) is 11.0. The first kappa shape index (κ1) is 15.1. The lowest BCUT2D eigenvalue weighted by Crippen LogP contribution is -1.98. The Morgan fingerprint density at radius 3 is 1.50 bits per heavy atom. The molecule has 16 heavy (non-hydrogen) atoms. The zero-order valence-corrected chi connectivity index (χ0v) is 11.0. The van der Waals surface area contributed by atoms with Crippen molar-refractivity contribution in [1.82, 2.24) is 0 Å². The van der Waals surface area contributed by atoms with Gasteiger partial charge in [0.05, 0.1) is 0 Å². The van der Waals surface area contributed by atoms with E-state index >= 15 is 0 Å². The quantitative estimate of drug-likeness (QED) is 0.721. The molecule has 0 aromatic carbocycles. The van der Waals surface area contributed by atoms with Crippen LogP contribution in [-0.4, -0.2) is 11.2 Å². The highest BCUT2D eigenvalue weighted by molar-refractivity contribution is 5.19. The molecule has 0 bridgehead atoms. The number of aliphatic hydroxyl groups is 1. The first-order chi connectivity index (χ1) is 7.52. The van der Waals surface area contributed by atoms with Gasteiger partial charge in [-0.2, -0.15) is 0 Å². The van der Waals surface area contributed by atoms with Crippen molar-refractivity contribution in [2.45, 2.75) is 59.5 Å². The predicted molar refractivity (Wildman–Crippen MR) is 69.7 cm³/mol. The monoisotopic (exact) mass is 220 g/mol. The van der Waals surface area contributed by atoms with Crippen LogP contribution in [0, 0.1) is 35.5 Å². The minimum absolute atomic E-state index is 0.670. The third-order valence-corrected chi connectivity index (χ3v) is 2.17. The minimum Gasteiger partial charge on any atom is -0.369 e. The Bertz CT molecular complexity index is 250. The van der Waals surface area contributed by atoms with E-state index in [0.717, 1.165) is 25.7 Å². The molecule has 0 heterocycles. The molecule has 0 saturated carbocycles. The maximum Gasteiger partial charge on any atom is 0.176 e. The van der Waals surface area contributed by atoms with E-state index in [1.165, 1.54) is 0 Å². The molecule has 0 atom stereocenters. The van der Waals surface area contributed by atoms with Crippen LogP contribution in [-0.2, 0) is 0 Å². The van der Waals surface area contributed by atoms with Crippen molar-refractivity contribution in [1.29, 1.82) is 0 Å². The van der Waals surface area contributed by atoms with Crippen LogP contribution in [0.15, 0.2) is 0 Å². The summed E-state index contributed by atoms with van der Waals surface area (Å²) in [5.74, 6) is 12.8. The van der Waals surface area contributed by atoms with Crippen molar-refractivity contribution >= 4 is 0 Å². The fourth-order valence-electron chi connectivity index (χ4n) is 1.10. The Kier molecular flexibility index (Phi) is 8.78. The molecule has 0 aliphatic carbocycles. The highest BCUT2D eigenvalue weighted by Crippen LogP contribution is 2.02. The first-order valence-corrected chi connectivity index (χ1v) is 6.17. The smallest absolute Gasteiger partial charge is 0.176 e. The van der Waals surface area contributed by atoms with Crippen LogP contribution in [0.2, 0.25) is 0 Å². The summed E-state index contributed by atoms with van der Waals surface area (Å²) < 4.78 is 0. The second kappa shape index (κ2) is 9.32. The Hall–Kier alpha value is -0.920. The van der Waals surface area contributed by atoms with Crippen molar-refractivity contribution in [3.05, 3.63) is 0 Å². The Morgan fingerprint density at radius 2 is 1.19 bits per heavy atom. The summed E-state index contributed by atoms with van der Waals surface area (Å²) in [4.78, 5) is 0. The molecule has 1 N–H and O–H groups in total. The molecule has 1 heteroatoms. The number of hydrogen-bond donors (Lipinski definition) is 1. The van der Waals surface area contributed by atoms with E-state index in [2.05, 4.69) is 51.4 Å². The topological polar surface area (TPSA) is 20.2 Å². The fourth-order valence-corrected chi connectivity index (χ4v) is 1.10. The Balaban J connectivity index is 3.75. The van der Waals surface area contributed by atoms with E-state index in [1.54, 1.807) is 0 Å². The van der Waals surface area contributed by atoms with Crippen LogP contribution >= 0.6 is 0 Å². The zero-order chi connectivity index (χ0) is 12.4. The molecule has 0 radical (unpaired) electrons. The van der Waals surface area contributed by atoms with E-state index < -0.39 is 6.10 Å². The highest BCUT2D eigenvalue weighted by atomic mass is 16.3. The largest absolute Gasteiger partial charge is 0.369 e.